The molecule has 2 aromatic rings. The molecule has 1 atom stereocenters. The molecule has 1 aromatic heterocycles. The fraction of sp³-hybridized carbons (Fsp3) is 0.250. The number of nitrogens with zero attached hydrogens (tertiary/aromatic N) is 1. The normalized spacial score (nSPS) is 12.9. The van der Waals surface area contributed by atoms with Crippen LogP contribution in [0.25, 0.3) is 10.9 Å². The molecule has 0 saturated heterocycles. The van der Waals surface area contributed by atoms with Crippen molar-refractivity contribution in [3.63, 3.8) is 0 Å². The maximum Gasteiger partial charge on any atom is 0.0705 e. The molecular weight excluding hydrogens is 188 g/mol. The number of nitrogens with two attached hydrogens (primary N) is 1. The highest BCUT2D eigenvalue weighted by molar-refractivity contribution is 5.82. The van der Waals surface area contributed by atoms with Crippen LogP contribution in [0.3, 0.4) is 0 Å². The average molecular weight is 202 g/mol. The number of hydrogen-bond acceptors (Lipinski definition) is 3. The fourth-order valence-electron chi connectivity index (χ4n) is 1.75. The van der Waals surface area contributed by atoms with E-state index in [4.69, 9.17) is 10.8 Å². The molecule has 78 valence electrons. The molecule has 1 unspecified atom stereocenters. The molecule has 0 fully saturated rings. The van der Waals surface area contributed by atoms with E-state index in [1.54, 1.807) is 6.20 Å². The molecule has 3 nitrogen and oxygen atoms in total. The van der Waals surface area contributed by atoms with Crippen molar-refractivity contribution in [2.45, 2.75) is 12.5 Å². The van der Waals surface area contributed by atoms with Crippen LogP contribution >= 0.6 is 0 Å². The molecule has 3 heteroatoms. The lowest BCUT2D eigenvalue weighted by atomic mass is 10.00. The van der Waals surface area contributed by atoms with Crippen molar-refractivity contribution in [3.05, 3.63) is 42.1 Å². The van der Waals surface area contributed by atoms with Crippen LogP contribution < -0.4 is 5.73 Å². The molecule has 1 heterocycles. The van der Waals surface area contributed by atoms with Gasteiger partial charge in [-0.2, -0.15) is 0 Å². The van der Waals surface area contributed by atoms with Crippen LogP contribution in [0, 0.1) is 0 Å². The van der Waals surface area contributed by atoms with Gasteiger partial charge in [0.2, 0.25) is 0 Å². The number of rotatable bonds is 3. The molecule has 15 heavy (non-hydrogen) atoms. The standard InChI is InChI=1S/C12H14N2O/c13-11(6-8-15)9-3-1-5-12-10(9)4-2-7-14-12/h1-5,7,11,15H,6,8,13H2. The van der Waals surface area contributed by atoms with E-state index >= 15 is 0 Å². The van der Waals surface area contributed by atoms with Crippen molar-refractivity contribution in [3.8, 4) is 0 Å². The van der Waals surface area contributed by atoms with Crippen molar-refractivity contribution in [2.75, 3.05) is 6.61 Å². The summed E-state index contributed by atoms with van der Waals surface area (Å²) >= 11 is 0. The monoisotopic (exact) mass is 202 g/mol. The third-order valence-corrected chi connectivity index (χ3v) is 2.52. The van der Waals surface area contributed by atoms with Crippen molar-refractivity contribution < 1.29 is 5.11 Å². The summed E-state index contributed by atoms with van der Waals surface area (Å²) in [5, 5.41) is 9.94. The lowest BCUT2D eigenvalue weighted by Gasteiger charge is -2.12. The van der Waals surface area contributed by atoms with Gasteiger partial charge in [-0.1, -0.05) is 18.2 Å². The minimum absolute atomic E-state index is 0.109. The predicted octanol–water partition coefficient (Wildman–Crippen LogP) is 1.62. The Morgan fingerprint density at radius 1 is 1.27 bits per heavy atom. The molecule has 2 rings (SSSR count). The Morgan fingerprint density at radius 3 is 2.93 bits per heavy atom. The Labute approximate surface area is 88.6 Å². The summed E-state index contributed by atoms with van der Waals surface area (Å²) in [4.78, 5) is 4.27. The Bertz CT molecular complexity index is 451. The summed E-state index contributed by atoms with van der Waals surface area (Å²) in [5.41, 5.74) is 7.98. The van der Waals surface area contributed by atoms with Gasteiger partial charge in [0.1, 0.15) is 0 Å². The van der Waals surface area contributed by atoms with Crippen molar-refractivity contribution in [1.82, 2.24) is 4.98 Å². The smallest absolute Gasteiger partial charge is 0.0705 e. The van der Waals surface area contributed by atoms with Crippen molar-refractivity contribution in [2.24, 2.45) is 5.73 Å². The first-order valence-corrected chi connectivity index (χ1v) is 5.03. The molecular formula is C12H14N2O. The summed E-state index contributed by atoms with van der Waals surface area (Å²) in [6.45, 7) is 0.109. The second-order valence-corrected chi connectivity index (χ2v) is 3.54. The number of pyridine rings is 1. The van der Waals surface area contributed by atoms with Gasteiger partial charge in [-0.25, -0.2) is 0 Å². The summed E-state index contributed by atoms with van der Waals surface area (Å²) < 4.78 is 0. The Balaban J connectivity index is 2.50. The summed E-state index contributed by atoms with van der Waals surface area (Å²) in [7, 11) is 0. The molecule has 3 N–H and O–H groups in total. The molecule has 0 amide bonds. The Kier molecular flexibility index (Phi) is 2.94. The number of benzene rings is 1. The molecule has 0 saturated carbocycles. The maximum absolute atomic E-state index is 8.87. The first kappa shape index (κ1) is 10.1. The third-order valence-electron chi connectivity index (χ3n) is 2.52. The van der Waals surface area contributed by atoms with E-state index in [1.165, 1.54) is 0 Å². The second-order valence-electron chi connectivity index (χ2n) is 3.54. The largest absolute Gasteiger partial charge is 0.396 e. The molecule has 1 aromatic carbocycles. The van der Waals surface area contributed by atoms with E-state index < -0.39 is 0 Å². The average Bonchev–Trinajstić information content (AvgIpc) is 2.28. The summed E-state index contributed by atoms with van der Waals surface area (Å²) in [6.07, 6.45) is 2.34. The van der Waals surface area contributed by atoms with Gasteiger partial charge in [0.15, 0.2) is 0 Å². The molecule has 0 aliphatic rings. The zero-order valence-electron chi connectivity index (χ0n) is 8.43. The highest BCUT2D eigenvalue weighted by Crippen LogP contribution is 2.22. The fourth-order valence-corrected chi connectivity index (χ4v) is 1.75. The van der Waals surface area contributed by atoms with Crippen LogP contribution in [0.15, 0.2) is 36.5 Å². The zero-order valence-corrected chi connectivity index (χ0v) is 8.43. The number of aliphatic hydroxyl groups is 1. The van der Waals surface area contributed by atoms with Gasteiger partial charge in [-0.3, -0.25) is 4.98 Å². The number of aliphatic hydroxyl groups excluding tert-OH is 1. The van der Waals surface area contributed by atoms with Gasteiger partial charge < -0.3 is 10.8 Å². The minimum atomic E-state index is -0.122. The third kappa shape index (κ3) is 1.98. The van der Waals surface area contributed by atoms with E-state index in [0.29, 0.717) is 6.42 Å². The van der Waals surface area contributed by atoms with E-state index in [0.717, 1.165) is 16.5 Å². The Morgan fingerprint density at radius 2 is 2.13 bits per heavy atom. The number of hydrogen-bond donors (Lipinski definition) is 2. The number of fused-ring (bicyclic) bond motifs is 1. The highest BCUT2D eigenvalue weighted by Gasteiger charge is 2.08. The van der Waals surface area contributed by atoms with E-state index in [2.05, 4.69) is 4.98 Å². The van der Waals surface area contributed by atoms with Gasteiger partial charge in [0.05, 0.1) is 5.52 Å². The summed E-state index contributed by atoms with van der Waals surface area (Å²) in [5.74, 6) is 0. The van der Waals surface area contributed by atoms with Crippen LogP contribution in [-0.4, -0.2) is 16.7 Å². The molecule has 0 bridgehead atoms. The van der Waals surface area contributed by atoms with Gasteiger partial charge in [0, 0.05) is 24.2 Å². The van der Waals surface area contributed by atoms with Crippen LogP contribution in [-0.2, 0) is 0 Å². The Hall–Kier alpha value is -1.45. The number of aromatic nitrogens is 1. The van der Waals surface area contributed by atoms with E-state index in [1.807, 2.05) is 30.3 Å². The summed E-state index contributed by atoms with van der Waals surface area (Å²) in [6, 6.07) is 9.69. The van der Waals surface area contributed by atoms with Crippen LogP contribution in [0.5, 0.6) is 0 Å². The van der Waals surface area contributed by atoms with Crippen molar-refractivity contribution >= 4 is 10.9 Å². The topological polar surface area (TPSA) is 59.1 Å². The molecule has 0 radical (unpaired) electrons. The second kappa shape index (κ2) is 4.38. The van der Waals surface area contributed by atoms with Crippen LogP contribution in [0.1, 0.15) is 18.0 Å². The maximum atomic E-state index is 8.87. The quantitative estimate of drug-likeness (QED) is 0.795. The van der Waals surface area contributed by atoms with E-state index in [-0.39, 0.29) is 12.6 Å². The first-order chi connectivity index (χ1) is 7.33. The first-order valence-electron chi connectivity index (χ1n) is 5.03. The molecule has 0 aliphatic heterocycles. The SMILES string of the molecule is NC(CCO)c1cccc2ncccc12. The predicted molar refractivity (Wildman–Crippen MR) is 60.4 cm³/mol. The van der Waals surface area contributed by atoms with Gasteiger partial charge in [-0.05, 0) is 24.1 Å². The minimum Gasteiger partial charge on any atom is -0.396 e. The molecule has 0 spiro atoms. The van der Waals surface area contributed by atoms with Gasteiger partial charge in [0.25, 0.3) is 0 Å². The highest BCUT2D eigenvalue weighted by atomic mass is 16.3. The lowest BCUT2D eigenvalue weighted by molar-refractivity contribution is 0.277. The van der Waals surface area contributed by atoms with Crippen LogP contribution in [0.2, 0.25) is 0 Å². The van der Waals surface area contributed by atoms with Crippen LogP contribution in [0.4, 0.5) is 0 Å². The molecule has 0 aliphatic carbocycles. The van der Waals surface area contributed by atoms with E-state index in [9.17, 15) is 0 Å². The van der Waals surface area contributed by atoms with Gasteiger partial charge >= 0.3 is 0 Å². The van der Waals surface area contributed by atoms with Crippen molar-refractivity contribution in [1.29, 1.82) is 0 Å². The lowest BCUT2D eigenvalue weighted by Crippen LogP contribution is -2.12. The van der Waals surface area contributed by atoms with Gasteiger partial charge in [-0.15, -0.1) is 0 Å². The zero-order chi connectivity index (χ0) is 10.7.